The van der Waals surface area contributed by atoms with Gasteiger partial charge >= 0.3 is 0 Å². The summed E-state index contributed by atoms with van der Waals surface area (Å²) in [4.78, 5) is 2.11. The Morgan fingerprint density at radius 2 is 2.06 bits per heavy atom. The van der Waals surface area contributed by atoms with E-state index in [0.717, 1.165) is 13.1 Å². The fourth-order valence-corrected chi connectivity index (χ4v) is 3.08. The van der Waals surface area contributed by atoms with Crippen LogP contribution in [0.15, 0.2) is 16.9 Å². The Bertz CT molecular complexity index is 421. The number of likely N-dealkylation sites (N-methyl/N-ethyl adjacent to an activating group) is 1. The zero-order valence-electron chi connectivity index (χ0n) is 9.16. The van der Waals surface area contributed by atoms with E-state index in [9.17, 15) is 8.42 Å². The lowest BCUT2D eigenvalue weighted by Crippen LogP contribution is -2.47. The molecule has 2 rings (SSSR count). The largest absolute Gasteiger partial charge is 0.364 e. The molecule has 90 valence electrons. The maximum atomic E-state index is 12.0. The first-order valence-electron chi connectivity index (χ1n) is 5.13. The summed E-state index contributed by atoms with van der Waals surface area (Å²) in [5.41, 5.74) is 0.457. The molecular weight excluding hydrogens is 230 g/mol. The second-order valence-electron chi connectivity index (χ2n) is 3.95. The molecule has 16 heavy (non-hydrogen) atoms. The third-order valence-corrected chi connectivity index (χ3v) is 4.49. The molecule has 2 heterocycles. The van der Waals surface area contributed by atoms with E-state index in [2.05, 4.69) is 14.6 Å². The Morgan fingerprint density at radius 1 is 1.38 bits per heavy atom. The van der Waals surface area contributed by atoms with E-state index in [0.29, 0.717) is 18.8 Å². The zero-order chi connectivity index (χ0) is 11.6. The number of rotatable bonds is 3. The Kier molecular flexibility index (Phi) is 3.27. The molecule has 0 amide bonds. The first kappa shape index (κ1) is 11.6. The van der Waals surface area contributed by atoms with Gasteiger partial charge in [0.2, 0.25) is 10.0 Å². The molecule has 0 unspecified atom stereocenters. The normalized spacial score (nSPS) is 20.1. The Balaban J connectivity index is 2.02. The molecule has 0 saturated carbocycles. The second kappa shape index (κ2) is 4.52. The van der Waals surface area contributed by atoms with Crippen molar-refractivity contribution in [2.45, 2.75) is 5.75 Å². The van der Waals surface area contributed by atoms with Gasteiger partial charge in [-0.2, -0.15) is 4.31 Å². The Morgan fingerprint density at radius 3 is 2.62 bits per heavy atom. The molecule has 0 atom stereocenters. The van der Waals surface area contributed by atoms with E-state index < -0.39 is 10.0 Å². The predicted octanol–water partition coefficient (Wildman–Crippen LogP) is -0.248. The van der Waals surface area contributed by atoms with Crippen molar-refractivity contribution in [1.82, 2.24) is 14.4 Å². The van der Waals surface area contributed by atoms with Crippen LogP contribution in [0.5, 0.6) is 0 Å². The molecule has 0 radical (unpaired) electrons. The smallest absolute Gasteiger partial charge is 0.220 e. The lowest BCUT2D eigenvalue weighted by molar-refractivity contribution is 0.222. The van der Waals surface area contributed by atoms with Gasteiger partial charge in [0.05, 0.1) is 5.69 Å². The SMILES string of the molecule is CN1CCN(S(=O)(=O)Cc2ccon2)CC1. The molecule has 1 aliphatic heterocycles. The average Bonchev–Trinajstić information content (AvgIpc) is 2.70. The zero-order valence-corrected chi connectivity index (χ0v) is 9.98. The van der Waals surface area contributed by atoms with Crippen LogP contribution in [0.4, 0.5) is 0 Å². The van der Waals surface area contributed by atoms with Gasteiger partial charge in [-0.1, -0.05) is 5.16 Å². The van der Waals surface area contributed by atoms with Crippen molar-refractivity contribution in [1.29, 1.82) is 0 Å². The fraction of sp³-hybridized carbons (Fsp3) is 0.667. The monoisotopic (exact) mass is 245 g/mol. The predicted molar refractivity (Wildman–Crippen MR) is 58.2 cm³/mol. The van der Waals surface area contributed by atoms with Gasteiger partial charge in [0.15, 0.2) is 0 Å². The van der Waals surface area contributed by atoms with Gasteiger partial charge in [-0.15, -0.1) is 0 Å². The van der Waals surface area contributed by atoms with Crippen molar-refractivity contribution in [3.63, 3.8) is 0 Å². The van der Waals surface area contributed by atoms with Crippen LogP contribution in [0.25, 0.3) is 0 Å². The molecule has 7 heteroatoms. The van der Waals surface area contributed by atoms with Gasteiger partial charge in [-0.3, -0.25) is 0 Å². The molecule has 1 aliphatic rings. The molecule has 6 nitrogen and oxygen atoms in total. The Labute approximate surface area is 94.9 Å². The van der Waals surface area contributed by atoms with E-state index in [1.165, 1.54) is 10.6 Å². The molecule has 0 N–H and O–H groups in total. The quantitative estimate of drug-likeness (QED) is 0.734. The first-order chi connectivity index (χ1) is 7.58. The van der Waals surface area contributed by atoms with Crippen molar-refractivity contribution >= 4 is 10.0 Å². The van der Waals surface area contributed by atoms with Gasteiger partial charge in [0.25, 0.3) is 0 Å². The highest BCUT2D eigenvalue weighted by molar-refractivity contribution is 7.88. The highest BCUT2D eigenvalue weighted by Gasteiger charge is 2.26. The van der Waals surface area contributed by atoms with Gasteiger partial charge in [-0.25, -0.2) is 8.42 Å². The van der Waals surface area contributed by atoms with Crippen LogP contribution in [0.3, 0.4) is 0 Å². The summed E-state index contributed by atoms with van der Waals surface area (Å²) in [6.45, 7) is 2.66. The van der Waals surface area contributed by atoms with Crippen LogP contribution in [0.1, 0.15) is 5.69 Å². The lowest BCUT2D eigenvalue weighted by Gasteiger charge is -2.31. The molecule has 0 aromatic carbocycles. The number of hydrogen-bond donors (Lipinski definition) is 0. The summed E-state index contributed by atoms with van der Waals surface area (Å²) in [5.74, 6) is -0.0762. The molecule has 0 bridgehead atoms. The number of aromatic nitrogens is 1. The van der Waals surface area contributed by atoms with Crippen LogP contribution in [0.2, 0.25) is 0 Å². The standard InChI is InChI=1S/C9H15N3O3S/c1-11-3-5-12(6-4-11)16(13,14)8-9-2-7-15-10-9/h2,7H,3-6,8H2,1H3. The van der Waals surface area contributed by atoms with Crippen LogP contribution in [0, 0.1) is 0 Å². The Hall–Kier alpha value is -0.920. The second-order valence-corrected chi connectivity index (χ2v) is 5.92. The van der Waals surface area contributed by atoms with Crippen LogP contribution in [-0.4, -0.2) is 56.0 Å². The minimum atomic E-state index is -3.25. The van der Waals surface area contributed by atoms with Crippen molar-refractivity contribution in [2.24, 2.45) is 0 Å². The molecule has 1 saturated heterocycles. The molecule has 0 spiro atoms. The number of nitrogens with zero attached hydrogens (tertiary/aromatic N) is 3. The van der Waals surface area contributed by atoms with Crippen LogP contribution in [-0.2, 0) is 15.8 Å². The molecule has 1 fully saturated rings. The third-order valence-electron chi connectivity index (χ3n) is 2.68. The summed E-state index contributed by atoms with van der Waals surface area (Å²) >= 11 is 0. The minimum Gasteiger partial charge on any atom is -0.364 e. The number of hydrogen-bond acceptors (Lipinski definition) is 5. The van der Waals surface area contributed by atoms with Crippen LogP contribution < -0.4 is 0 Å². The summed E-state index contributed by atoms with van der Waals surface area (Å²) in [6.07, 6.45) is 1.38. The van der Waals surface area contributed by atoms with E-state index >= 15 is 0 Å². The molecule has 1 aromatic rings. The van der Waals surface area contributed by atoms with Gasteiger partial charge in [-0.05, 0) is 7.05 Å². The maximum absolute atomic E-state index is 12.0. The maximum Gasteiger partial charge on any atom is 0.220 e. The van der Waals surface area contributed by atoms with E-state index in [1.807, 2.05) is 7.05 Å². The van der Waals surface area contributed by atoms with Crippen molar-refractivity contribution in [2.75, 3.05) is 33.2 Å². The topological polar surface area (TPSA) is 66.7 Å². The number of sulfonamides is 1. The highest BCUT2D eigenvalue weighted by atomic mass is 32.2. The van der Waals surface area contributed by atoms with E-state index in [4.69, 9.17) is 0 Å². The summed E-state index contributed by atoms with van der Waals surface area (Å²) in [6, 6.07) is 1.58. The van der Waals surface area contributed by atoms with E-state index in [1.54, 1.807) is 6.07 Å². The van der Waals surface area contributed by atoms with Gasteiger partial charge < -0.3 is 9.42 Å². The summed E-state index contributed by atoms with van der Waals surface area (Å²) in [7, 11) is -1.26. The highest BCUT2D eigenvalue weighted by Crippen LogP contribution is 2.11. The minimum absolute atomic E-state index is 0.0762. The van der Waals surface area contributed by atoms with Crippen molar-refractivity contribution in [3.05, 3.63) is 18.0 Å². The average molecular weight is 245 g/mol. The molecular formula is C9H15N3O3S. The van der Waals surface area contributed by atoms with Gasteiger partial charge in [0, 0.05) is 32.2 Å². The number of piperazine rings is 1. The van der Waals surface area contributed by atoms with E-state index in [-0.39, 0.29) is 5.75 Å². The fourth-order valence-electron chi connectivity index (χ4n) is 1.66. The third kappa shape index (κ3) is 2.60. The first-order valence-corrected chi connectivity index (χ1v) is 6.74. The van der Waals surface area contributed by atoms with Crippen molar-refractivity contribution < 1.29 is 12.9 Å². The summed E-state index contributed by atoms with van der Waals surface area (Å²) < 4.78 is 30.1. The lowest BCUT2D eigenvalue weighted by atomic mass is 10.4. The van der Waals surface area contributed by atoms with Crippen LogP contribution >= 0.6 is 0 Å². The molecule has 1 aromatic heterocycles. The van der Waals surface area contributed by atoms with Gasteiger partial charge in [0.1, 0.15) is 12.0 Å². The molecule has 0 aliphatic carbocycles. The van der Waals surface area contributed by atoms with Crippen molar-refractivity contribution in [3.8, 4) is 0 Å². The summed E-state index contributed by atoms with van der Waals surface area (Å²) in [5, 5.41) is 3.62.